The molecular weight excluding hydrogens is 254 g/mol. The van der Waals surface area contributed by atoms with Gasteiger partial charge in [-0.15, -0.1) is 0 Å². The second-order valence-electron chi connectivity index (χ2n) is 4.40. The van der Waals surface area contributed by atoms with Gasteiger partial charge >= 0.3 is 6.03 Å². The molecule has 1 aromatic carbocycles. The minimum absolute atomic E-state index is 0.278. The van der Waals surface area contributed by atoms with E-state index in [1.807, 2.05) is 55.4 Å². The first-order valence-electron chi connectivity index (χ1n) is 6.24. The zero-order valence-electron chi connectivity index (χ0n) is 11.5. The molecule has 0 aliphatic rings. The summed E-state index contributed by atoms with van der Waals surface area (Å²) in [7, 11) is 3.81. The molecule has 0 fully saturated rings. The number of nitrogens with one attached hydrogen (secondary N) is 2. The van der Waals surface area contributed by atoms with Gasteiger partial charge in [-0.2, -0.15) is 0 Å². The number of carbonyl (C=O) groups excluding carboxylic acids is 1. The van der Waals surface area contributed by atoms with Gasteiger partial charge < -0.3 is 15.5 Å². The van der Waals surface area contributed by atoms with Crippen LogP contribution in [0, 0.1) is 0 Å². The highest BCUT2D eigenvalue weighted by atomic mass is 16.2. The molecule has 6 heteroatoms. The molecule has 0 aliphatic carbocycles. The lowest BCUT2D eigenvalue weighted by molar-refractivity contribution is 0.251. The summed E-state index contributed by atoms with van der Waals surface area (Å²) in [5.74, 6) is 1.37. The van der Waals surface area contributed by atoms with Crippen LogP contribution in [0.3, 0.4) is 0 Å². The number of carbonyl (C=O) groups is 1. The van der Waals surface area contributed by atoms with Crippen LogP contribution in [0.1, 0.15) is 5.82 Å². The average Bonchev–Trinajstić information content (AvgIpc) is 2.46. The molecule has 1 heterocycles. The summed E-state index contributed by atoms with van der Waals surface area (Å²) in [4.78, 5) is 22.0. The summed E-state index contributed by atoms with van der Waals surface area (Å²) in [5, 5.41) is 5.45. The predicted octanol–water partition coefficient (Wildman–Crippen LogP) is 1.86. The summed E-state index contributed by atoms with van der Waals surface area (Å²) < 4.78 is 0. The number of benzene rings is 1. The van der Waals surface area contributed by atoms with Gasteiger partial charge in [-0.1, -0.05) is 18.2 Å². The molecule has 2 N–H and O–H groups in total. The highest BCUT2D eigenvalue weighted by molar-refractivity contribution is 5.89. The molecule has 0 atom stereocenters. The summed E-state index contributed by atoms with van der Waals surface area (Å²) in [5.41, 5.74) is 0.743. The summed E-state index contributed by atoms with van der Waals surface area (Å²) in [6.07, 6.45) is 1.68. The largest absolute Gasteiger partial charge is 0.363 e. The molecule has 0 radical (unpaired) electrons. The second-order valence-corrected chi connectivity index (χ2v) is 4.40. The Hall–Kier alpha value is -2.63. The number of aromatic nitrogens is 2. The lowest BCUT2D eigenvalue weighted by Gasteiger charge is -2.12. The number of anilines is 2. The van der Waals surface area contributed by atoms with Gasteiger partial charge in [0.05, 0.1) is 6.54 Å². The van der Waals surface area contributed by atoms with Crippen molar-refractivity contribution in [2.24, 2.45) is 0 Å². The van der Waals surface area contributed by atoms with Crippen molar-refractivity contribution in [3.05, 3.63) is 48.4 Å². The third kappa shape index (κ3) is 3.94. The first kappa shape index (κ1) is 13.8. The molecule has 104 valence electrons. The Kier molecular flexibility index (Phi) is 4.49. The lowest BCUT2D eigenvalue weighted by Crippen LogP contribution is -2.29. The topological polar surface area (TPSA) is 70.2 Å². The summed E-state index contributed by atoms with van der Waals surface area (Å²) >= 11 is 0. The van der Waals surface area contributed by atoms with E-state index in [0.29, 0.717) is 5.82 Å². The van der Waals surface area contributed by atoms with Crippen molar-refractivity contribution < 1.29 is 4.79 Å². The summed E-state index contributed by atoms with van der Waals surface area (Å²) in [6.45, 7) is 0.278. The lowest BCUT2D eigenvalue weighted by atomic mass is 10.3. The standard InChI is InChI=1S/C14H17N5O/c1-19(2)13-8-9-15-12(18-13)10-16-14(20)17-11-6-4-3-5-7-11/h3-9H,10H2,1-2H3,(H2,16,17,20). The van der Waals surface area contributed by atoms with Crippen LogP contribution in [0.15, 0.2) is 42.6 Å². The van der Waals surface area contributed by atoms with Gasteiger partial charge in [-0.3, -0.25) is 0 Å². The van der Waals surface area contributed by atoms with Gasteiger partial charge in [0.15, 0.2) is 0 Å². The van der Waals surface area contributed by atoms with Crippen molar-refractivity contribution in [1.82, 2.24) is 15.3 Å². The van der Waals surface area contributed by atoms with Crippen LogP contribution in [0.4, 0.5) is 16.3 Å². The number of rotatable bonds is 4. The minimum atomic E-state index is -0.282. The van der Waals surface area contributed by atoms with Gasteiger partial charge in [0.25, 0.3) is 0 Å². The first-order chi connectivity index (χ1) is 9.65. The fourth-order valence-corrected chi connectivity index (χ4v) is 1.58. The van der Waals surface area contributed by atoms with Crippen LogP contribution < -0.4 is 15.5 Å². The maximum atomic E-state index is 11.7. The molecule has 1 aromatic heterocycles. The third-order valence-corrected chi connectivity index (χ3v) is 2.59. The van der Waals surface area contributed by atoms with Crippen LogP contribution in [-0.4, -0.2) is 30.1 Å². The monoisotopic (exact) mass is 271 g/mol. The Balaban J connectivity index is 1.89. The normalized spacial score (nSPS) is 9.90. The van der Waals surface area contributed by atoms with Gasteiger partial charge in [0, 0.05) is 26.0 Å². The molecule has 0 aliphatic heterocycles. The highest BCUT2D eigenvalue weighted by Crippen LogP contribution is 2.06. The number of hydrogen-bond donors (Lipinski definition) is 2. The fourth-order valence-electron chi connectivity index (χ4n) is 1.58. The number of amides is 2. The van der Waals surface area contributed by atoms with Gasteiger partial charge in [0.1, 0.15) is 11.6 Å². The predicted molar refractivity (Wildman–Crippen MR) is 78.7 cm³/mol. The third-order valence-electron chi connectivity index (χ3n) is 2.59. The van der Waals surface area contributed by atoms with E-state index in [9.17, 15) is 4.79 Å². The quantitative estimate of drug-likeness (QED) is 0.890. The average molecular weight is 271 g/mol. The van der Waals surface area contributed by atoms with Crippen molar-refractivity contribution in [3.8, 4) is 0 Å². The Labute approximate surface area is 117 Å². The highest BCUT2D eigenvalue weighted by Gasteiger charge is 2.04. The van der Waals surface area contributed by atoms with E-state index in [0.717, 1.165) is 11.5 Å². The molecule has 2 rings (SSSR count). The molecule has 0 spiro atoms. The van der Waals surface area contributed by atoms with Crippen molar-refractivity contribution in [1.29, 1.82) is 0 Å². The Bertz CT molecular complexity index is 571. The first-order valence-corrected chi connectivity index (χ1v) is 6.24. The van der Waals surface area contributed by atoms with Crippen molar-refractivity contribution in [3.63, 3.8) is 0 Å². The van der Waals surface area contributed by atoms with E-state index >= 15 is 0 Å². The van der Waals surface area contributed by atoms with E-state index < -0.39 is 0 Å². The van der Waals surface area contributed by atoms with E-state index in [4.69, 9.17) is 0 Å². The molecule has 2 aromatic rings. The zero-order valence-corrected chi connectivity index (χ0v) is 11.5. The molecular formula is C14H17N5O. The molecule has 0 unspecified atom stereocenters. The number of urea groups is 1. The fraction of sp³-hybridized carbons (Fsp3) is 0.214. The van der Waals surface area contributed by atoms with Crippen LogP contribution in [0.5, 0.6) is 0 Å². The number of hydrogen-bond acceptors (Lipinski definition) is 4. The SMILES string of the molecule is CN(C)c1ccnc(CNC(=O)Nc2ccccc2)n1. The molecule has 2 amide bonds. The molecule has 20 heavy (non-hydrogen) atoms. The van der Waals surface area contributed by atoms with Gasteiger partial charge in [-0.05, 0) is 18.2 Å². The van der Waals surface area contributed by atoms with Gasteiger partial charge in [0.2, 0.25) is 0 Å². The smallest absolute Gasteiger partial charge is 0.319 e. The Morgan fingerprint density at radius 3 is 2.65 bits per heavy atom. The summed E-state index contributed by atoms with van der Waals surface area (Å²) in [6, 6.07) is 10.8. The van der Waals surface area contributed by atoms with E-state index in [-0.39, 0.29) is 12.6 Å². The van der Waals surface area contributed by atoms with Crippen LogP contribution >= 0.6 is 0 Å². The van der Waals surface area contributed by atoms with Crippen LogP contribution in [-0.2, 0) is 6.54 Å². The van der Waals surface area contributed by atoms with Gasteiger partial charge in [-0.25, -0.2) is 14.8 Å². The molecule has 0 saturated carbocycles. The Morgan fingerprint density at radius 2 is 1.95 bits per heavy atom. The van der Waals surface area contributed by atoms with E-state index in [1.54, 1.807) is 6.20 Å². The van der Waals surface area contributed by atoms with Crippen molar-refractivity contribution in [2.75, 3.05) is 24.3 Å². The van der Waals surface area contributed by atoms with Crippen molar-refractivity contribution >= 4 is 17.5 Å². The van der Waals surface area contributed by atoms with Crippen LogP contribution in [0.2, 0.25) is 0 Å². The van der Waals surface area contributed by atoms with E-state index in [1.165, 1.54) is 0 Å². The van der Waals surface area contributed by atoms with E-state index in [2.05, 4.69) is 20.6 Å². The molecule has 0 bridgehead atoms. The number of nitrogens with zero attached hydrogens (tertiary/aromatic N) is 3. The minimum Gasteiger partial charge on any atom is -0.363 e. The maximum Gasteiger partial charge on any atom is 0.319 e. The van der Waals surface area contributed by atoms with Crippen LogP contribution in [0.25, 0.3) is 0 Å². The zero-order chi connectivity index (χ0) is 14.4. The number of para-hydroxylation sites is 1. The second kappa shape index (κ2) is 6.51. The Morgan fingerprint density at radius 1 is 1.20 bits per heavy atom. The molecule has 0 saturated heterocycles. The molecule has 6 nitrogen and oxygen atoms in total. The maximum absolute atomic E-state index is 11.7. The van der Waals surface area contributed by atoms with Crippen molar-refractivity contribution in [2.45, 2.75) is 6.54 Å².